The average molecular weight is 305 g/mol. The Morgan fingerprint density at radius 3 is 2.41 bits per heavy atom. The number of rotatable bonds is 8. The third-order valence-electron chi connectivity index (χ3n) is 3.38. The van der Waals surface area contributed by atoms with Gasteiger partial charge in [0, 0.05) is 12.6 Å². The van der Waals surface area contributed by atoms with Crippen molar-refractivity contribution in [2.24, 2.45) is 5.92 Å². The van der Waals surface area contributed by atoms with Crippen LogP contribution in [0, 0.1) is 5.92 Å². The Balaban J connectivity index is 2.42. The predicted molar refractivity (Wildman–Crippen MR) is 88.5 cm³/mol. The predicted octanol–water partition coefficient (Wildman–Crippen LogP) is 2.60. The number of unbranched alkanes of at least 4 members (excludes halogenated alkanes) is 1. The summed E-state index contributed by atoms with van der Waals surface area (Å²) < 4.78 is 0. The maximum atomic E-state index is 11.8. The molecule has 3 amide bonds. The molecule has 1 rings (SSSR count). The van der Waals surface area contributed by atoms with Crippen LogP contribution in [0.4, 0.5) is 4.79 Å². The van der Waals surface area contributed by atoms with E-state index < -0.39 is 6.03 Å². The molecule has 0 saturated carbocycles. The molecule has 22 heavy (non-hydrogen) atoms. The van der Waals surface area contributed by atoms with Crippen LogP contribution in [-0.2, 0) is 4.79 Å². The van der Waals surface area contributed by atoms with Gasteiger partial charge in [-0.15, -0.1) is 0 Å². The Labute approximate surface area is 132 Å². The van der Waals surface area contributed by atoms with Gasteiger partial charge in [0.1, 0.15) is 0 Å². The molecule has 0 unspecified atom stereocenters. The maximum absolute atomic E-state index is 11.8. The summed E-state index contributed by atoms with van der Waals surface area (Å²) in [5, 5.41) is 8.21. The first-order valence-corrected chi connectivity index (χ1v) is 7.90. The smallest absolute Gasteiger partial charge is 0.321 e. The van der Waals surface area contributed by atoms with Gasteiger partial charge in [-0.25, -0.2) is 4.79 Å². The Morgan fingerprint density at radius 2 is 1.82 bits per heavy atom. The van der Waals surface area contributed by atoms with Crippen molar-refractivity contribution in [1.29, 1.82) is 0 Å². The van der Waals surface area contributed by atoms with Crippen LogP contribution < -0.4 is 16.0 Å². The lowest BCUT2D eigenvalue weighted by molar-refractivity contribution is -0.119. The van der Waals surface area contributed by atoms with Crippen LogP contribution >= 0.6 is 0 Å². The topological polar surface area (TPSA) is 70.2 Å². The van der Waals surface area contributed by atoms with Crippen LogP contribution in [-0.4, -0.2) is 25.0 Å². The lowest BCUT2D eigenvalue weighted by Crippen LogP contribution is -2.44. The number of benzene rings is 1. The van der Waals surface area contributed by atoms with Crippen molar-refractivity contribution in [3.8, 4) is 0 Å². The Hall–Kier alpha value is -1.88. The summed E-state index contributed by atoms with van der Waals surface area (Å²) in [6.45, 7) is 6.94. The van der Waals surface area contributed by atoms with Crippen LogP contribution in [0.2, 0.25) is 0 Å². The molecule has 0 saturated heterocycles. The van der Waals surface area contributed by atoms with Gasteiger partial charge in [0.25, 0.3) is 0 Å². The molecule has 0 aliphatic rings. The minimum absolute atomic E-state index is 0.0788. The van der Waals surface area contributed by atoms with Crippen LogP contribution in [0.1, 0.15) is 45.2 Å². The number of hydrogen-bond donors (Lipinski definition) is 3. The lowest BCUT2D eigenvalue weighted by atomic mass is 9.96. The molecule has 122 valence electrons. The van der Waals surface area contributed by atoms with Crippen LogP contribution in [0.3, 0.4) is 0 Å². The molecule has 0 aliphatic heterocycles. The molecule has 0 fully saturated rings. The number of imide groups is 1. The van der Waals surface area contributed by atoms with Crippen molar-refractivity contribution in [3.05, 3.63) is 35.9 Å². The largest absolute Gasteiger partial charge is 0.338 e. The molecule has 0 spiro atoms. The van der Waals surface area contributed by atoms with E-state index in [-0.39, 0.29) is 18.5 Å². The molecule has 5 heteroatoms. The van der Waals surface area contributed by atoms with Crippen molar-refractivity contribution in [1.82, 2.24) is 16.0 Å². The summed E-state index contributed by atoms with van der Waals surface area (Å²) in [5.74, 6) is 0.0177. The molecule has 0 heterocycles. The second kappa shape index (κ2) is 9.95. The zero-order valence-electron chi connectivity index (χ0n) is 13.7. The number of carbonyl (C=O) groups is 2. The van der Waals surface area contributed by atoms with Gasteiger partial charge in [-0.2, -0.15) is 0 Å². The summed E-state index contributed by atoms with van der Waals surface area (Å²) in [6, 6.07) is 9.64. The highest BCUT2D eigenvalue weighted by molar-refractivity contribution is 5.95. The minimum Gasteiger partial charge on any atom is -0.338 e. The van der Waals surface area contributed by atoms with Gasteiger partial charge >= 0.3 is 6.03 Å². The van der Waals surface area contributed by atoms with Crippen LogP contribution in [0.5, 0.6) is 0 Å². The van der Waals surface area contributed by atoms with E-state index in [0.29, 0.717) is 12.5 Å². The number of nitrogens with one attached hydrogen (secondary N) is 3. The standard InChI is InChI=1S/C17H27N3O2/c1-4-5-11-18-17(22)20-15(21)12-19-16(13(2)3)14-9-7-6-8-10-14/h6-10,13,16,19H,4-5,11-12H2,1-3H3,(H2,18,20,21,22)/t16-/m1/s1. The first kappa shape index (κ1) is 18.2. The van der Waals surface area contributed by atoms with Crippen LogP contribution in [0.25, 0.3) is 0 Å². The summed E-state index contributed by atoms with van der Waals surface area (Å²) in [7, 11) is 0. The Bertz CT molecular complexity index is 460. The lowest BCUT2D eigenvalue weighted by Gasteiger charge is -2.22. The Kier molecular flexibility index (Phi) is 8.22. The second-order valence-electron chi connectivity index (χ2n) is 5.67. The van der Waals surface area contributed by atoms with Crippen molar-refractivity contribution in [3.63, 3.8) is 0 Å². The maximum Gasteiger partial charge on any atom is 0.321 e. The number of hydrogen-bond acceptors (Lipinski definition) is 3. The first-order valence-electron chi connectivity index (χ1n) is 7.90. The molecule has 5 nitrogen and oxygen atoms in total. The fourth-order valence-corrected chi connectivity index (χ4v) is 2.20. The highest BCUT2D eigenvalue weighted by Gasteiger charge is 2.16. The zero-order valence-corrected chi connectivity index (χ0v) is 13.7. The van der Waals surface area contributed by atoms with Gasteiger partial charge in [-0.3, -0.25) is 10.1 Å². The molecule has 1 atom stereocenters. The van der Waals surface area contributed by atoms with E-state index in [0.717, 1.165) is 18.4 Å². The summed E-state index contributed by atoms with van der Waals surface area (Å²) >= 11 is 0. The highest BCUT2D eigenvalue weighted by Crippen LogP contribution is 2.20. The van der Waals surface area contributed by atoms with Gasteiger partial charge in [0.2, 0.25) is 5.91 Å². The van der Waals surface area contributed by atoms with E-state index in [9.17, 15) is 9.59 Å². The molecule has 0 aromatic heterocycles. The summed E-state index contributed by atoms with van der Waals surface area (Å²) in [6.07, 6.45) is 1.91. The number of urea groups is 1. The van der Waals surface area contributed by atoms with Crippen molar-refractivity contribution in [2.75, 3.05) is 13.1 Å². The molecule has 0 bridgehead atoms. The van der Waals surface area contributed by atoms with Crippen molar-refractivity contribution in [2.45, 2.75) is 39.7 Å². The molecule has 0 aliphatic carbocycles. The van der Waals surface area contributed by atoms with Crippen molar-refractivity contribution < 1.29 is 9.59 Å². The van der Waals surface area contributed by atoms with E-state index in [1.807, 2.05) is 37.3 Å². The molecule has 1 aromatic carbocycles. The van der Waals surface area contributed by atoms with E-state index >= 15 is 0 Å². The minimum atomic E-state index is -0.430. The SMILES string of the molecule is CCCCNC(=O)NC(=O)CN[C@@H](c1ccccc1)C(C)C. The number of carbonyl (C=O) groups excluding carboxylic acids is 2. The number of amides is 3. The van der Waals surface area contributed by atoms with Gasteiger partial charge in [-0.05, 0) is 17.9 Å². The van der Waals surface area contributed by atoms with Gasteiger partial charge < -0.3 is 10.6 Å². The quantitative estimate of drug-likeness (QED) is 0.647. The molecule has 3 N–H and O–H groups in total. The third-order valence-corrected chi connectivity index (χ3v) is 3.38. The third kappa shape index (κ3) is 6.72. The average Bonchev–Trinajstić information content (AvgIpc) is 2.48. The summed E-state index contributed by atoms with van der Waals surface area (Å²) in [5.41, 5.74) is 1.14. The van der Waals surface area contributed by atoms with Crippen molar-refractivity contribution >= 4 is 11.9 Å². The first-order chi connectivity index (χ1) is 10.5. The Morgan fingerprint density at radius 1 is 1.14 bits per heavy atom. The van der Waals surface area contributed by atoms with E-state index in [4.69, 9.17) is 0 Å². The molecular weight excluding hydrogens is 278 g/mol. The fraction of sp³-hybridized carbons (Fsp3) is 0.529. The molecule has 0 radical (unpaired) electrons. The second-order valence-corrected chi connectivity index (χ2v) is 5.67. The normalized spacial score (nSPS) is 12.0. The van der Waals surface area contributed by atoms with Gasteiger partial charge in [-0.1, -0.05) is 57.5 Å². The monoisotopic (exact) mass is 305 g/mol. The van der Waals surface area contributed by atoms with E-state index in [1.165, 1.54) is 0 Å². The van der Waals surface area contributed by atoms with Crippen LogP contribution in [0.15, 0.2) is 30.3 Å². The molecule has 1 aromatic rings. The molecular formula is C17H27N3O2. The van der Waals surface area contributed by atoms with E-state index in [2.05, 4.69) is 29.8 Å². The van der Waals surface area contributed by atoms with E-state index in [1.54, 1.807) is 0 Å². The van der Waals surface area contributed by atoms with Gasteiger partial charge in [0.15, 0.2) is 0 Å². The highest BCUT2D eigenvalue weighted by atomic mass is 16.2. The van der Waals surface area contributed by atoms with Gasteiger partial charge in [0.05, 0.1) is 6.54 Å². The zero-order chi connectivity index (χ0) is 16.4. The fourth-order valence-electron chi connectivity index (χ4n) is 2.20. The summed E-state index contributed by atoms with van der Waals surface area (Å²) in [4.78, 5) is 23.3.